The molecule has 1 aliphatic carbocycles. The molecule has 0 saturated carbocycles. The molecule has 0 spiro atoms. The first-order valence-corrected chi connectivity index (χ1v) is 6.25. The maximum atomic E-state index is 10.2. The van der Waals surface area contributed by atoms with Crippen LogP contribution in [0.25, 0.3) is 0 Å². The SMILES string of the molecule is CC1(C)Cc2c(ccn2Cc2ncn[nH]2)C(O)C1. The van der Waals surface area contributed by atoms with E-state index >= 15 is 0 Å². The zero-order valence-corrected chi connectivity index (χ0v) is 10.7. The first-order valence-electron chi connectivity index (χ1n) is 6.25. The standard InChI is InChI=1S/C13H18N4O/c1-13(2)5-10-9(11(18)6-13)3-4-17(10)7-12-14-8-15-16-12/h3-4,8,11,18H,5-7H2,1-2H3,(H,14,15,16). The lowest BCUT2D eigenvalue weighted by atomic mass is 9.75. The second kappa shape index (κ2) is 3.95. The van der Waals surface area contributed by atoms with Gasteiger partial charge in [-0.15, -0.1) is 0 Å². The van der Waals surface area contributed by atoms with Crippen LogP contribution in [0.1, 0.15) is 43.5 Å². The minimum Gasteiger partial charge on any atom is -0.388 e. The van der Waals surface area contributed by atoms with Gasteiger partial charge in [0.2, 0.25) is 0 Å². The van der Waals surface area contributed by atoms with Gasteiger partial charge in [-0.25, -0.2) is 4.98 Å². The molecule has 18 heavy (non-hydrogen) atoms. The number of aliphatic hydroxyl groups excluding tert-OH is 1. The molecule has 3 rings (SSSR count). The van der Waals surface area contributed by atoms with E-state index in [2.05, 4.69) is 33.6 Å². The maximum Gasteiger partial charge on any atom is 0.144 e. The van der Waals surface area contributed by atoms with Crippen molar-refractivity contribution in [3.8, 4) is 0 Å². The highest BCUT2D eigenvalue weighted by Gasteiger charge is 2.33. The van der Waals surface area contributed by atoms with Gasteiger partial charge in [-0.2, -0.15) is 5.10 Å². The third-order valence-electron chi connectivity index (χ3n) is 3.65. The van der Waals surface area contributed by atoms with E-state index in [-0.39, 0.29) is 11.5 Å². The second-order valence-corrected chi connectivity index (χ2v) is 5.84. The molecule has 0 radical (unpaired) electrons. The minimum absolute atomic E-state index is 0.143. The number of hydrogen-bond acceptors (Lipinski definition) is 3. The molecule has 2 N–H and O–H groups in total. The molecule has 2 heterocycles. The molecule has 0 amide bonds. The van der Waals surface area contributed by atoms with E-state index in [1.165, 1.54) is 12.0 Å². The molecule has 1 aliphatic rings. The van der Waals surface area contributed by atoms with Crippen LogP contribution in [0.5, 0.6) is 0 Å². The van der Waals surface area contributed by atoms with Crippen molar-refractivity contribution in [2.45, 2.75) is 39.3 Å². The molecular weight excluding hydrogens is 228 g/mol. The summed E-state index contributed by atoms with van der Waals surface area (Å²) in [4.78, 5) is 4.15. The Hall–Kier alpha value is -1.62. The number of aromatic nitrogens is 4. The Morgan fingerprint density at radius 3 is 3.11 bits per heavy atom. The van der Waals surface area contributed by atoms with Crippen LogP contribution in [-0.2, 0) is 13.0 Å². The van der Waals surface area contributed by atoms with Gasteiger partial charge in [0.05, 0.1) is 12.6 Å². The van der Waals surface area contributed by atoms with E-state index in [1.807, 2.05) is 12.3 Å². The van der Waals surface area contributed by atoms with Gasteiger partial charge >= 0.3 is 0 Å². The number of hydrogen-bond donors (Lipinski definition) is 2. The highest BCUT2D eigenvalue weighted by Crippen LogP contribution is 2.41. The van der Waals surface area contributed by atoms with Crippen LogP contribution < -0.4 is 0 Å². The Labute approximate surface area is 106 Å². The van der Waals surface area contributed by atoms with Crippen molar-refractivity contribution in [2.24, 2.45) is 5.41 Å². The molecule has 1 atom stereocenters. The van der Waals surface area contributed by atoms with Crippen molar-refractivity contribution in [3.05, 3.63) is 35.7 Å². The van der Waals surface area contributed by atoms with Crippen molar-refractivity contribution in [1.82, 2.24) is 19.7 Å². The lowest BCUT2D eigenvalue weighted by molar-refractivity contribution is 0.0980. The number of aliphatic hydroxyl groups is 1. The van der Waals surface area contributed by atoms with Gasteiger partial charge in [-0.1, -0.05) is 13.8 Å². The Kier molecular flexibility index (Phi) is 2.52. The van der Waals surface area contributed by atoms with E-state index in [0.29, 0.717) is 6.54 Å². The molecule has 0 bridgehead atoms. The summed E-state index contributed by atoms with van der Waals surface area (Å²) < 4.78 is 2.15. The molecule has 96 valence electrons. The summed E-state index contributed by atoms with van der Waals surface area (Å²) in [5, 5.41) is 16.9. The van der Waals surface area contributed by atoms with Crippen molar-refractivity contribution in [3.63, 3.8) is 0 Å². The Balaban J connectivity index is 1.94. The van der Waals surface area contributed by atoms with Gasteiger partial charge in [0.25, 0.3) is 0 Å². The van der Waals surface area contributed by atoms with Crippen molar-refractivity contribution in [2.75, 3.05) is 0 Å². The van der Waals surface area contributed by atoms with Crippen LogP contribution in [0.4, 0.5) is 0 Å². The lowest BCUT2D eigenvalue weighted by Crippen LogP contribution is -2.27. The zero-order chi connectivity index (χ0) is 12.8. The van der Waals surface area contributed by atoms with Crippen molar-refractivity contribution < 1.29 is 5.11 Å². The summed E-state index contributed by atoms with van der Waals surface area (Å²) in [6.07, 6.45) is 5.01. The Bertz CT molecular complexity index is 541. The molecule has 0 fully saturated rings. The number of aromatic amines is 1. The predicted octanol–water partition coefficient (Wildman–Crippen LogP) is 1.66. The van der Waals surface area contributed by atoms with Crippen LogP contribution in [0.3, 0.4) is 0 Å². The normalized spacial score (nSPS) is 21.8. The fraction of sp³-hybridized carbons (Fsp3) is 0.538. The van der Waals surface area contributed by atoms with Crippen molar-refractivity contribution >= 4 is 0 Å². The molecule has 0 saturated heterocycles. The zero-order valence-electron chi connectivity index (χ0n) is 10.7. The molecule has 2 aromatic rings. The van der Waals surface area contributed by atoms with E-state index in [4.69, 9.17) is 0 Å². The van der Waals surface area contributed by atoms with Crippen LogP contribution >= 0.6 is 0 Å². The fourth-order valence-corrected chi connectivity index (χ4v) is 2.80. The van der Waals surface area contributed by atoms with Gasteiger partial charge < -0.3 is 9.67 Å². The first-order chi connectivity index (χ1) is 8.55. The molecule has 0 aliphatic heterocycles. The summed E-state index contributed by atoms with van der Waals surface area (Å²) >= 11 is 0. The monoisotopic (exact) mass is 246 g/mol. The van der Waals surface area contributed by atoms with Gasteiger partial charge in [0.15, 0.2) is 0 Å². The van der Waals surface area contributed by atoms with E-state index < -0.39 is 0 Å². The predicted molar refractivity (Wildman–Crippen MR) is 67.0 cm³/mol. The molecule has 5 heteroatoms. The molecular formula is C13H18N4O. The lowest BCUT2D eigenvalue weighted by Gasteiger charge is -2.33. The van der Waals surface area contributed by atoms with Crippen LogP contribution in [0, 0.1) is 5.41 Å². The molecule has 0 aromatic carbocycles. The third kappa shape index (κ3) is 1.95. The van der Waals surface area contributed by atoms with Crippen LogP contribution in [0.15, 0.2) is 18.6 Å². The van der Waals surface area contributed by atoms with Gasteiger partial charge in [0.1, 0.15) is 12.2 Å². The summed E-state index contributed by atoms with van der Waals surface area (Å²) in [7, 11) is 0. The Morgan fingerprint density at radius 2 is 2.39 bits per heavy atom. The van der Waals surface area contributed by atoms with Crippen LogP contribution in [-0.4, -0.2) is 24.9 Å². The number of nitrogens with one attached hydrogen (secondary N) is 1. The quantitative estimate of drug-likeness (QED) is 0.847. The van der Waals surface area contributed by atoms with E-state index in [1.54, 1.807) is 0 Å². The number of nitrogens with zero attached hydrogens (tertiary/aromatic N) is 3. The summed E-state index contributed by atoms with van der Waals surface area (Å²) in [6, 6.07) is 2.02. The van der Waals surface area contributed by atoms with E-state index in [9.17, 15) is 5.11 Å². The summed E-state index contributed by atoms with van der Waals surface area (Å²) in [6.45, 7) is 5.08. The fourth-order valence-electron chi connectivity index (χ4n) is 2.80. The van der Waals surface area contributed by atoms with Gasteiger partial charge in [0, 0.05) is 17.5 Å². The largest absolute Gasteiger partial charge is 0.388 e. The second-order valence-electron chi connectivity index (χ2n) is 5.84. The third-order valence-corrected chi connectivity index (χ3v) is 3.65. The average molecular weight is 246 g/mol. The number of fused-ring (bicyclic) bond motifs is 1. The number of rotatable bonds is 2. The number of H-pyrrole nitrogens is 1. The first kappa shape index (κ1) is 11.5. The van der Waals surface area contributed by atoms with Gasteiger partial charge in [-0.05, 0) is 24.3 Å². The summed E-state index contributed by atoms with van der Waals surface area (Å²) in [5.74, 6) is 0.839. The highest BCUT2D eigenvalue weighted by atomic mass is 16.3. The Morgan fingerprint density at radius 1 is 1.56 bits per heavy atom. The van der Waals surface area contributed by atoms with E-state index in [0.717, 1.165) is 24.2 Å². The van der Waals surface area contributed by atoms with Crippen molar-refractivity contribution in [1.29, 1.82) is 0 Å². The summed E-state index contributed by atoms with van der Waals surface area (Å²) in [5.41, 5.74) is 2.42. The minimum atomic E-state index is -0.347. The smallest absolute Gasteiger partial charge is 0.144 e. The molecule has 2 aromatic heterocycles. The molecule has 5 nitrogen and oxygen atoms in total. The van der Waals surface area contributed by atoms with Crippen LogP contribution in [0.2, 0.25) is 0 Å². The average Bonchev–Trinajstić information content (AvgIpc) is 2.88. The maximum absolute atomic E-state index is 10.2. The topological polar surface area (TPSA) is 66.7 Å². The van der Waals surface area contributed by atoms with Gasteiger partial charge in [-0.3, -0.25) is 5.10 Å². The highest BCUT2D eigenvalue weighted by molar-refractivity contribution is 5.29. The molecule has 1 unspecified atom stereocenters.